The van der Waals surface area contributed by atoms with Crippen LogP contribution < -0.4 is 10.6 Å². The molecule has 0 aliphatic heterocycles. The molecule has 7 heteroatoms. The lowest BCUT2D eigenvalue weighted by atomic mass is 9.89. The van der Waals surface area contributed by atoms with Crippen LogP contribution in [0, 0.1) is 5.92 Å². The van der Waals surface area contributed by atoms with E-state index >= 15 is 0 Å². The minimum absolute atomic E-state index is 0.0770. The average Bonchev–Trinajstić information content (AvgIpc) is 3.04. The van der Waals surface area contributed by atoms with E-state index in [-0.39, 0.29) is 24.7 Å². The van der Waals surface area contributed by atoms with Crippen molar-refractivity contribution < 1.29 is 14.4 Å². The van der Waals surface area contributed by atoms with Gasteiger partial charge in [0, 0.05) is 5.92 Å². The van der Waals surface area contributed by atoms with E-state index in [9.17, 15) is 9.90 Å². The molecule has 2 unspecified atom stereocenters. The summed E-state index contributed by atoms with van der Waals surface area (Å²) < 4.78 is 5.32. The molecule has 0 bridgehead atoms. The molecule has 1 saturated carbocycles. The first-order valence-electron chi connectivity index (χ1n) is 9.01. The van der Waals surface area contributed by atoms with Crippen LogP contribution in [0.15, 0.2) is 4.52 Å². The van der Waals surface area contributed by atoms with Crippen LogP contribution in [0.4, 0.5) is 4.79 Å². The molecule has 2 rings (SSSR count). The number of amides is 2. The maximum Gasteiger partial charge on any atom is 0.315 e. The lowest BCUT2D eigenvalue weighted by molar-refractivity contribution is 0.203. The van der Waals surface area contributed by atoms with Crippen LogP contribution in [0.2, 0.25) is 0 Å². The Morgan fingerprint density at radius 3 is 2.58 bits per heavy atom. The number of carbonyl (C=O) groups is 1. The number of nitrogens with one attached hydrogen (secondary N) is 2. The van der Waals surface area contributed by atoms with Crippen molar-refractivity contribution in [3.8, 4) is 0 Å². The first-order valence-corrected chi connectivity index (χ1v) is 9.01. The van der Waals surface area contributed by atoms with Gasteiger partial charge in [-0.3, -0.25) is 0 Å². The molecule has 136 valence electrons. The van der Waals surface area contributed by atoms with E-state index in [4.69, 9.17) is 4.52 Å². The molecule has 1 heterocycles. The van der Waals surface area contributed by atoms with Crippen LogP contribution in [0.5, 0.6) is 0 Å². The van der Waals surface area contributed by atoms with Gasteiger partial charge in [0.05, 0.1) is 12.6 Å². The zero-order valence-electron chi connectivity index (χ0n) is 14.9. The topological polar surface area (TPSA) is 100 Å². The maximum absolute atomic E-state index is 12.1. The third kappa shape index (κ3) is 5.47. The highest BCUT2D eigenvalue weighted by molar-refractivity contribution is 5.74. The van der Waals surface area contributed by atoms with E-state index in [0.29, 0.717) is 17.7 Å². The quantitative estimate of drug-likeness (QED) is 0.710. The molecule has 1 aliphatic rings. The SMILES string of the molecule is CC(C)CC(CO)NC(=O)NC(C)c1nc(C2CCCCC2)no1. The number of urea groups is 1. The van der Waals surface area contributed by atoms with E-state index < -0.39 is 0 Å². The lowest BCUT2D eigenvalue weighted by Crippen LogP contribution is -2.45. The molecule has 2 atom stereocenters. The molecule has 1 aromatic rings. The fourth-order valence-corrected chi connectivity index (χ4v) is 3.18. The van der Waals surface area contributed by atoms with Gasteiger partial charge in [0.15, 0.2) is 5.82 Å². The summed E-state index contributed by atoms with van der Waals surface area (Å²) in [6, 6.07) is -0.953. The van der Waals surface area contributed by atoms with E-state index in [1.165, 1.54) is 19.3 Å². The molecule has 0 radical (unpaired) electrons. The van der Waals surface area contributed by atoms with E-state index in [0.717, 1.165) is 25.1 Å². The first-order chi connectivity index (χ1) is 11.5. The fraction of sp³-hybridized carbons (Fsp3) is 0.824. The predicted molar refractivity (Wildman–Crippen MR) is 90.5 cm³/mol. The maximum atomic E-state index is 12.1. The summed E-state index contributed by atoms with van der Waals surface area (Å²) in [6.07, 6.45) is 6.64. The molecule has 7 nitrogen and oxygen atoms in total. The lowest BCUT2D eigenvalue weighted by Gasteiger charge is -2.19. The van der Waals surface area contributed by atoms with Crippen molar-refractivity contribution in [3.63, 3.8) is 0 Å². The summed E-state index contributed by atoms with van der Waals surface area (Å²) in [5.41, 5.74) is 0. The molecule has 1 aromatic heterocycles. The summed E-state index contributed by atoms with van der Waals surface area (Å²) in [6.45, 7) is 5.84. The Morgan fingerprint density at radius 1 is 1.25 bits per heavy atom. The Kier molecular flexibility index (Phi) is 7.02. The van der Waals surface area contributed by atoms with Crippen LogP contribution in [0.1, 0.15) is 83.0 Å². The number of hydrogen-bond acceptors (Lipinski definition) is 5. The Bertz CT molecular complexity index is 512. The highest BCUT2D eigenvalue weighted by Gasteiger charge is 2.23. The second-order valence-electron chi connectivity index (χ2n) is 7.17. The minimum Gasteiger partial charge on any atom is -0.394 e. The van der Waals surface area contributed by atoms with Crippen molar-refractivity contribution in [1.29, 1.82) is 0 Å². The molecule has 1 aliphatic carbocycles. The van der Waals surface area contributed by atoms with Crippen LogP contribution in [0.3, 0.4) is 0 Å². The Morgan fingerprint density at radius 2 is 1.96 bits per heavy atom. The van der Waals surface area contributed by atoms with Crippen molar-refractivity contribution in [1.82, 2.24) is 20.8 Å². The number of aromatic nitrogens is 2. The summed E-state index contributed by atoms with van der Waals surface area (Å²) >= 11 is 0. The average molecular weight is 338 g/mol. The van der Waals surface area contributed by atoms with Gasteiger partial charge < -0.3 is 20.3 Å². The number of rotatable bonds is 7. The van der Waals surface area contributed by atoms with Gasteiger partial charge >= 0.3 is 6.03 Å². The van der Waals surface area contributed by atoms with Crippen molar-refractivity contribution in [2.75, 3.05) is 6.61 Å². The van der Waals surface area contributed by atoms with Crippen LogP contribution in [-0.2, 0) is 0 Å². The first kappa shape index (κ1) is 18.7. The molecular weight excluding hydrogens is 308 g/mol. The number of nitrogens with zero attached hydrogens (tertiary/aromatic N) is 2. The van der Waals surface area contributed by atoms with Gasteiger partial charge in [0.1, 0.15) is 6.04 Å². The van der Waals surface area contributed by atoms with Gasteiger partial charge in [-0.1, -0.05) is 38.3 Å². The van der Waals surface area contributed by atoms with Gasteiger partial charge in [-0.25, -0.2) is 4.79 Å². The van der Waals surface area contributed by atoms with Crippen molar-refractivity contribution >= 4 is 6.03 Å². The summed E-state index contributed by atoms with van der Waals surface area (Å²) in [7, 11) is 0. The molecular formula is C17H30N4O3. The van der Waals surface area contributed by atoms with Gasteiger partial charge in [0.2, 0.25) is 5.89 Å². The molecule has 1 fully saturated rings. The smallest absolute Gasteiger partial charge is 0.315 e. The summed E-state index contributed by atoms with van der Waals surface area (Å²) in [4.78, 5) is 16.5. The third-order valence-corrected chi connectivity index (χ3v) is 4.46. The second-order valence-corrected chi connectivity index (χ2v) is 7.17. The molecule has 0 spiro atoms. The molecule has 3 N–H and O–H groups in total. The third-order valence-electron chi connectivity index (χ3n) is 4.46. The van der Waals surface area contributed by atoms with Crippen molar-refractivity contribution in [3.05, 3.63) is 11.7 Å². The van der Waals surface area contributed by atoms with E-state index in [1.54, 1.807) is 0 Å². The number of carbonyl (C=O) groups excluding carboxylic acids is 1. The van der Waals surface area contributed by atoms with E-state index in [2.05, 4.69) is 34.6 Å². The number of aliphatic hydroxyl groups excluding tert-OH is 1. The molecule has 0 saturated heterocycles. The van der Waals surface area contributed by atoms with Crippen LogP contribution >= 0.6 is 0 Å². The zero-order valence-corrected chi connectivity index (χ0v) is 14.9. The standard InChI is InChI=1S/C17H30N4O3/c1-11(2)9-14(10-22)19-17(23)18-12(3)16-20-15(21-24-16)13-7-5-4-6-8-13/h11-14,22H,4-10H2,1-3H3,(H2,18,19,23). The number of aliphatic hydroxyl groups is 1. The van der Waals surface area contributed by atoms with Crippen molar-refractivity contribution in [2.45, 2.75) is 77.3 Å². The monoisotopic (exact) mass is 338 g/mol. The van der Waals surface area contributed by atoms with E-state index in [1.807, 2.05) is 6.92 Å². The fourth-order valence-electron chi connectivity index (χ4n) is 3.18. The highest BCUT2D eigenvalue weighted by atomic mass is 16.5. The normalized spacial score (nSPS) is 18.4. The highest BCUT2D eigenvalue weighted by Crippen LogP contribution is 2.31. The van der Waals surface area contributed by atoms with Crippen molar-refractivity contribution in [2.24, 2.45) is 5.92 Å². The minimum atomic E-state index is -0.367. The molecule has 2 amide bonds. The Labute approximate surface area is 143 Å². The number of hydrogen-bond donors (Lipinski definition) is 3. The molecule has 24 heavy (non-hydrogen) atoms. The second kappa shape index (κ2) is 9.01. The van der Waals surface area contributed by atoms with Crippen LogP contribution in [0.25, 0.3) is 0 Å². The van der Waals surface area contributed by atoms with Gasteiger partial charge in [-0.05, 0) is 32.1 Å². The summed E-state index contributed by atoms with van der Waals surface area (Å²) in [5.74, 6) is 1.96. The van der Waals surface area contributed by atoms with Gasteiger partial charge in [-0.15, -0.1) is 0 Å². The van der Waals surface area contributed by atoms with Gasteiger partial charge in [-0.2, -0.15) is 4.98 Å². The van der Waals surface area contributed by atoms with Crippen LogP contribution in [-0.4, -0.2) is 33.9 Å². The summed E-state index contributed by atoms with van der Waals surface area (Å²) in [5, 5.41) is 19.0. The Balaban J connectivity index is 1.86. The molecule has 0 aromatic carbocycles. The Hall–Kier alpha value is -1.63. The largest absolute Gasteiger partial charge is 0.394 e. The zero-order chi connectivity index (χ0) is 17.5. The predicted octanol–water partition coefficient (Wildman–Crippen LogP) is 2.88. The van der Waals surface area contributed by atoms with Gasteiger partial charge in [0.25, 0.3) is 0 Å².